The Kier molecular flexibility index (Phi) is 6.10. The molecule has 0 radical (unpaired) electrons. The van der Waals surface area contributed by atoms with Crippen LogP contribution in [-0.4, -0.2) is 35.6 Å². The Bertz CT molecular complexity index is 472. The van der Waals surface area contributed by atoms with Crippen LogP contribution >= 0.6 is 0 Å². The Morgan fingerprint density at radius 3 is 1.75 bits per heavy atom. The van der Waals surface area contributed by atoms with E-state index in [-0.39, 0.29) is 15.5 Å². The number of carbonyl (C=O) groups excluding carboxylic acids is 1. The number of hydrogen-bond donors (Lipinski definition) is 0. The number of hydrogen-bond acceptors (Lipinski definition) is 3. The third-order valence-corrected chi connectivity index (χ3v) is 15.9. The summed E-state index contributed by atoms with van der Waals surface area (Å²) in [5.74, 6) is 0.633. The lowest BCUT2D eigenvalue weighted by Gasteiger charge is -2.49. The molecule has 1 fully saturated rings. The molecule has 0 aromatic heterocycles. The minimum absolute atomic E-state index is 0.170. The van der Waals surface area contributed by atoms with E-state index in [0.717, 1.165) is 0 Å². The zero-order valence-corrected chi connectivity index (χ0v) is 19.9. The third kappa shape index (κ3) is 4.40. The molecular weight excluding hydrogens is 332 g/mol. The van der Waals surface area contributed by atoms with Crippen molar-refractivity contribution in [1.29, 1.82) is 0 Å². The summed E-state index contributed by atoms with van der Waals surface area (Å²) in [5.41, 5.74) is -0.363. The maximum atomic E-state index is 12.3. The van der Waals surface area contributed by atoms with Crippen molar-refractivity contribution in [2.24, 2.45) is 11.3 Å². The van der Waals surface area contributed by atoms with Crippen LogP contribution in [-0.2, 0) is 13.6 Å². The summed E-state index contributed by atoms with van der Waals surface area (Å²) in [6.45, 7) is 25.8. The molecule has 0 bridgehead atoms. The number of carbonyl (C=O) groups is 1. The van der Waals surface area contributed by atoms with Gasteiger partial charge in [-0.15, -0.1) is 0 Å². The molecule has 0 spiro atoms. The SMILES string of the molecule is CC1(CO[Si](C)(C)C(C)(C)C)C(=O)CC1CO[Si](C)(C)C(C)(C)C. The molecule has 0 N–H and O–H groups in total. The van der Waals surface area contributed by atoms with E-state index in [2.05, 4.69) is 74.7 Å². The second-order valence-corrected chi connectivity index (χ2v) is 20.5. The summed E-state index contributed by atoms with van der Waals surface area (Å²) in [4.78, 5) is 12.3. The second kappa shape index (κ2) is 6.64. The average molecular weight is 373 g/mol. The van der Waals surface area contributed by atoms with E-state index >= 15 is 0 Å². The van der Waals surface area contributed by atoms with Crippen LogP contribution in [0.2, 0.25) is 36.3 Å². The van der Waals surface area contributed by atoms with Crippen LogP contribution in [0.15, 0.2) is 0 Å². The van der Waals surface area contributed by atoms with Crippen LogP contribution in [0.3, 0.4) is 0 Å². The van der Waals surface area contributed by atoms with Crippen molar-refractivity contribution in [3.05, 3.63) is 0 Å². The Labute approximate surface area is 152 Å². The van der Waals surface area contributed by atoms with Gasteiger partial charge in [-0.2, -0.15) is 0 Å². The first-order valence-corrected chi connectivity index (χ1v) is 15.1. The largest absolute Gasteiger partial charge is 0.416 e. The van der Waals surface area contributed by atoms with E-state index in [9.17, 15) is 4.79 Å². The summed E-state index contributed by atoms with van der Waals surface area (Å²) in [6, 6.07) is 0. The lowest BCUT2D eigenvalue weighted by Crippen LogP contribution is -2.56. The highest BCUT2D eigenvalue weighted by Crippen LogP contribution is 2.47. The topological polar surface area (TPSA) is 35.5 Å². The van der Waals surface area contributed by atoms with E-state index in [1.165, 1.54) is 0 Å². The average Bonchev–Trinajstić information content (AvgIpc) is 2.38. The van der Waals surface area contributed by atoms with Crippen LogP contribution in [0, 0.1) is 11.3 Å². The van der Waals surface area contributed by atoms with Crippen LogP contribution in [0.5, 0.6) is 0 Å². The van der Waals surface area contributed by atoms with E-state index in [0.29, 0.717) is 31.3 Å². The van der Waals surface area contributed by atoms with Gasteiger partial charge >= 0.3 is 0 Å². The number of rotatable bonds is 6. The van der Waals surface area contributed by atoms with Crippen molar-refractivity contribution in [2.75, 3.05) is 13.2 Å². The zero-order valence-electron chi connectivity index (χ0n) is 17.9. The summed E-state index contributed by atoms with van der Waals surface area (Å²) < 4.78 is 12.8. The Balaban J connectivity index is 2.71. The van der Waals surface area contributed by atoms with E-state index in [4.69, 9.17) is 8.85 Å². The minimum atomic E-state index is -1.83. The summed E-state index contributed by atoms with van der Waals surface area (Å²) in [5, 5.41) is 0.373. The van der Waals surface area contributed by atoms with Crippen molar-refractivity contribution < 1.29 is 13.6 Å². The van der Waals surface area contributed by atoms with E-state index in [1.807, 2.05) is 0 Å². The second-order valence-electron chi connectivity index (χ2n) is 10.9. The number of ketones is 1. The monoisotopic (exact) mass is 372 g/mol. The highest BCUT2D eigenvalue weighted by Gasteiger charge is 2.53. The molecule has 0 aliphatic heterocycles. The first-order chi connectivity index (χ1) is 10.4. The van der Waals surface area contributed by atoms with Gasteiger partial charge in [0.25, 0.3) is 0 Å². The summed E-state index contributed by atoms with van der Waals surface area (Å²) >= 11 is 0. The first kappa shape index (κ1) is 22.1. The molecule has 0 aromatic rings. The fourth-order valence-electron chi connectivity index (χ4n) is 2.29. The molecule has 1 aliphatic carbocycles. The highest BCUT2D eigenvalue weighted by molar-refractivity contribution is 6.74. The maximum absolute atomic E-state index is 12.3. The Morgan fingerprint density at radius 2 is 1.38 bits per heavy atom. The first-order valence-electron chi connectivity index (χ1n) is 9.25. The van der Waals surface area contributed by atoms with Crippen LogP contribution in [0.25, 0.3) is 0 Å². The third-order valence-electron chi connectivity index (χ3n) is 6.96. The molecule has 2 atom stereocenters. The molecule has 2 unspecified atom stereocenters. The smallest absolute Gasteiger partial charge is 0.192 e. The van der Waals surface area contributed by atoms with Gasteiger partial charge in [0, 0.05) is 25.6 Å². The predicted octanol–water partition coefficient (Wildman–Crippen LogP) is 5.63. The van der Waals surface area contributed by atoms with Crippen molar-refractivity contribution in [3.8, 4) is 0 Å². The lowest BCUT2D eigenvalue weighted by molar-refractivity contribution is -0.150. The fourth-order valence-corrected chi connectivity index (χ4v) is 4.44. The van der Waals surface area contributed by atoms with E-state index < -0.39 is 16.6 Å². The van der Waals surface area contributed by atoms with Crippen molar-refractivity contribution >= 4 is 22.4 Å². The molecule has 142 valence electrons. The van der Waals surface area contributed by atoms with Gasteiger partial charge in [0.1, 0.15) is 5.78 Å². The molecule has 1 aliphatic rings. The molecule has 1 rings (SSSR count). The van der Waals surface area contributed by atoms with E-state index in [1.54, 1.807) is 0 Å². The van der Waals surface area contributed by atoms with Gasteiger partial charge < -0.3 is 8.85 Å². The van der Waals surface area contributed by atoms with Crippen molar-refractivity contribution in [1.82, 2.24) is 0 Å². The van der Waals surface area contributed by atoms with Crippen LogP contribution in [0.1, 0.15) is 54.9 Å². The van der Waals surface area contributed by atoms with Gasteiger partial charge in [0.15, 0.2) is 16.6 Å². The highest BCUT2D eigenvalue weighted by atomic mass is 28.4. The normalized spacial score (nSPS) is 26.5. The molecular formula is C19H40O3Si2. The quantitative estimate of drug-likeness (QED) is 0.567. The maximum Gasteiger partial charge on any atom is 0.192 e. The fraction of sp³-hybridized carbons (Fsp3) is 0.947. The molecule has 1 saturated carbocycles. The minimum Gasteiger partial charge on any atom is -0.416 e. The number of Topliss-reactive ketones (excluding diaryl/α,β-unsaturated/α-hetero) is 1. The molecule has 0 amide bonds. The molecule has 24 heavy (non-hydrogen) atoms. The Hall–Kier alpha value is 0.0238. The van der Waals surface area contributed by atoms with Crippen molar-refractivity contribution in [3.63, 3.8) is 0 Å². The van der Waals surface area contributed by atoms with Gasteiger partial charge in [-0.1, -0.05) is 48.5 Å². The molecule has 0 heterocycles. The van der Waals surface area contributed by atoms with Crippen molar-refractivity contribution in [2.45, 2.75) is 91.2 Å². The molecule has 0 saturated heterocycles. The lowest BCUT2D eigenvalue weighted by atomic mass is 9.61. The van der Waals surface area contributed by atoms with Crippen LogP contribution in [0.4, 0.5) is 0 Å². The van der Waals surface area contributed by atoms with Gasteiger partial charge in [0.2, 0.25) is 0 Å². The van der Waals surface area contributed by atoms with Crippen LogP contribution < -0.4 is 0 Å². The van der Waals surface area contributed by atoms with Gasteiger partial charge in [0.05, 0.1) is 5.41 Å². The Morgan fingerprint density at radius 1 is 0.958 bits per heavy atom. The molecule has 0 aromatic carbocycles. The van der Waals surface area contributed by atoms with Gasteiger partial charge in [-0.25, -0.2) is 0 Å². The summed E-state index contributed by atoms with van der Waals surface area (Å²) in [7, 11) is -3.60. The predicted molar refractivity (Wildman–Crippen MR) is 108 cm³/mol. The molecule has 5 heteroatoms. The standard InChI is InChI=1S/C19H40O3Si2/c1-17(2,3)23(8,9)21-13-15-12-16(20)19(15,7)14-22-24(10,11)18(4,5)6/h15H,12-14H2,1-11H3. The summed E-state index contributed by atoms with van der Waals surface area (Å²) in [6.07, 6.45) is 0.645. The zero-order chi connectivity index (χ0) is 19.2. The molecule has 3 nitrogen and oxygen atoms in total. The van der Waals surface area contributed by atoms with Gasteiger partial charge in [-0.3, -0.25) is 4.79 Å². The van der Waals surface area contributed by atoms with Gasteiger partial charge in [-0.05, 0) is 36.3 Å².